The van der Waals surface area contributed by atoms with Gasteiger partial charge < -0.3 is 10.6 Å². The molecule has 1 aromatic heterocycles. The first-order valence-electron chi connectivity index (χ1n) is 8.97. The van der Waals surface area contributed by atoms with E-state index in [9.17, 15) is 13.6 Å². The molecule has 0 aliphatic carbocycles. The van der Waals surface area contributed by atoms with E-state index in [-0.39, 0.29) is 17.3 Å². The summed E-state index contributed by atoms with van der Waals surface area (Å²) in [5.41, 5.74) is 0.472. The SMILES string of the molecule is CCCC(NC(=O)c1cn(C2CCNCC2)nn1)c1ccc(F)cc1F. The van der Waals surface area contributed by atoms with Crippen molar-refractivity contribution in [3.8, 4) is 0 Å². The van der Waals surface area contributed by atoms with Crippen molar-refractivity contribution in [2.75, 3.05) is 13.1 Å². The highest BCUT2D eigenvalue weighted by Crippen LogP contribution is 2.23. The fraction of sp³-hybridized carbons (Fsp3) is 0.500. The van der Waals surface area contributed by atoms with Gasteiger partial charge in [-0.2, -0.15) is 0 Å². The maximum Gasteiger partial charge on any atom is 0.273 e. The second kappa shape index (κ2) is 8.35. The van der Waals surface area contributed by atoms with Crippen molar-refractivity contribution >= 4 is 5.91 Å². The molecule has 1 saturated heterocycles. The lowest BCUT2D eigenvalue weighted by Crippen LogP contribution is -2.30. The number of halogens is 2. The van der Waals surface area contributed by atoms with Gasteiger partial charge in [0.1, 0.15) is 11.6 Å². The highest BCUT2D eigenvalue weighted by atomic mass is 19.1. The molecule has 26 heavy (non-hydrogen) atoms. The van der Waals surface area contributed by atoms with Crippen LogP contribution in [0.25, 0.3) is 0 Å². The summed E-state index contributed by atoms with van der Waals surface area (Å²) < 4.78 is 29.0. The van der Waals surface area contributed by atoms with E-state index in [4.69, 9.17) is 0 Å². The molecule has 2 heterocycles. The van der Waals surface area contributed by atoms with Gasteiger partial charge in [0.25, 0.3) is 5.91 Å². The van der Waals surface area contributed by atoms with Gasteiger partial charge in [-0.05, 0) is 38.4 Å². The van der Waals surface area contributed by atoms with E-state index >= 15 is 0 Å². The van der Waals surface area contributed by atoms with E-state index in [2.05, 4.69) is 20.9 Å². The van der Waals surface area contributed by atoms with Crippen LogP contribution >= 0.6 is 0 Å². The van der Waals surface area contributed by atoms with Crippen LogP contribution in [0.4, 0.5) is 8.78 Å². The number of carbonyl (C=O) groups is 1. The molecule has 0 spiro atoms. The molecule has 1 aromatic carbocycles. The fourth-order valence-corrected chi connectivity index (χ4v) is 3.24. The maximum atomic E-state index is 14.1. The van der Waals surface area contributed by atoms with Crippen molar-refractivity contribution in [3.05, 3.63) is 47.3 Å². The summed E-state index contributed by atoms with van der Waals surface area (Å²) in [6.07, 6.45) is 4.78. The maximum absolute atomic E-state index is 14.1. The van der Waals surface area contributed by atoms with Gasteiger partial charge in [-0.3, -0.25) is 4.79 Å². The molecule has 0 bridgehead atoms. The van der Waals surface area contributed by atoms with Crippen molar-refractivity contribution in [2.24, 2.45) is 0 Å². The highest BCUT2D eigenvalue weighted by molar-refractivity contribution is 5.92. The van der Waals surface area contributed by atoms with Crippen molar-refractivity contribution in [1.29, 1.82) is 0 Å². The second-order valence-corrected chi connectivity index (χ2v) is 6.55. The molecule has 8 heteroatoms. The molecule has 1 aliphatic heterocycles. The van der Waals surface area contributed by atoms with Crippen LogP contribution in [0.5, 0.6) is 0 Å². The molecule has 1 fully saturated rings. The van der Waals surface area contributed by atoms with E-state index in [0.29, 0.717) is 6.42 Å². The molecular weight excluding hydrogens is 340 g/mol. The summed E-state index contributed by atoms with van der Waals surface area (Å²) in [4.78, 5) is 12.5. The molecule has 0 saturated carbocycles. The Balaban J connectivity index is 1.72. The normalized spacial score (nSPS) is 16.4. The molecule has 1 unspecified atom stereocenters. The van der Waals surface area contributed by atoms with Crippen LogP contribution in [-0.4, -0.2) is 34.0 Å². The number of hydrogen-bond acceptors (Lipinski definition) is 4. The van der Waals surface area contributed by atoms with Gasteiger partial charge in [0.2, 0.25) is 0 Å². The zero-order chi connectivity index (χ0) is 18.5. The first kappa shape index (κ1) is 18.4. The molecule has 140 valence electrons. The minimum atomic E-state index is -0.665. The van der Waals surface area contributed by atoms with Crippen molar-refractivity contribution in [2.45, 2.75) is 44.7 Å². The third kappa shape index (κ3) is 4.24. The third-order valence-corrected chi connectivity index (χ3v) is 4.65. The lowest BCUT2D eigenvalue weighted by atomic mass is 10.0. The van der Waals surface area contributed by atoms with Crippen molar-refractivity contribution in [1.82, 2.24) is 25.6 Å². The van der Waals surface area contributed by atoms with Crippen LogP contribution in [0, 0.1) is 11.6 Å². The molecule has 2 aromatic rings. The predicted octanol–water partition coefficient (Wildman–Crippen LogP) is 2.75. The number of carbonyl (C=O) groups excluding carboxylic acids is 1. The Morgan fingerprint density at radius 3 is 2.85 bits per heavy atom. The molecule has 1 aliphatic rings. The standard InChI is InChI=1S/C18H23F2N5O/c1-2-3-16(14-5-4-12(19)10-15(14)20)22-18(26)17-11-25(24-23-17)13-6-8-21-9-7-13/h4-5,10-11,13,16,21H,2-3,6-9H2,1H3,(H,22,26). The van der Waals surface area contributed by atoms with Crippen molar-refractivity contribution in [3.63, 3.8) is 0 Å². The predicted molar refractivity (Wildman–Crippen MR) is 92.6 cm³/mol. The number of hydrogen-bond donors (Lipinski definition) is 2. The van der Waals surface area contributed by atoms with Gasteiger partial charge in [0, 0.05) is 11.6 Å². The monoisotopic (exact) mass is 363 g/mol. The average molecular weight is 363 g/mol. The Kier molecular flexibility index (Phi) is 5.92. The number of amides is 1. The van der Waals surface area contributed by atoms with E-state index in [1.807, 2.05) is 6.92 Å². The molecule has 3 rings (SSSR count). The smallest absolute Gasteiger partial charge is 0.273 e. The number of nitrogens with one attached hydrogen (secondary N) is 2. The topological polar surface area (TPSA) is 71.8 Å². The Labute approximate surface area is 151 Å². The van der Waals surface area contributed by atoms with Crippen molar-refractivity contribution < 1.29 is 13.6 Å². The molecule has 1 amide bonds. The molecule has 1 atom stereocenters. The summed E-state index contributed by atoms with van der Waals surface area (Å²) in [6.45, 7) is 3.76. The van der Waals surface area contributed by atoms with Crippen LogP contribution in [-0.2, 0) is 0 Å². The number of piperidine rings is 1. The van der Waals surface area contributed by atoms with Crippen LogP contribution in [0.15, 0.2) is 24.4 Å². The molecule has 0 radical (unpaired) electrons. The molecule has 6 nitrogen and oxygen atoms in total. The van der Waals surface area contributed by atoms with Gasteiger partial charge in [0.05, 0.1) is 18.3 Å². The van der Waals surface area contributed by atoms with E-state index in [0.717, 1.165) is 38.4 Å². The van der Waals surface area contributed by atoms with E-state index in [1.165, 1.54) is 12.1 Å². The minimum Gasteiger partial charge on any atom is -0.344 e. The van der Waals surface area contributed by atoms with Gasteiger partial charge in [-0.15, -0.1) is 5.10 Å². The lowest BCUT2D eigenvalue weighted by molar-refractivity contribution is 0.0928. The van der Waals surface area contributed by atoms with Gasteiger partial charge in [0.15, 0.2) is 5.69 Å². The number of benzene rings is 1. The number of rotatable bonds is 6. The first-order chi connectivity index (χ1) is 12.6. The average Bonchev–Trinajstić information content (AvgIpc) is 3.12. The Morgan fingerprint density at radius 1 is 1.38 bits per heavy atom. The summed E-state index contributed by atoms with van der Waals surface area (Å²) in [5, 5.41) is 14.1. The minimum absolute atomic E-state index is 0.201. The van der Waals surface area contributed by atoms with Crippen LogP contribution in [0.3, 0.4) is 0 Å². The van der Waals surface area contributed by atoms with E-state index < -0.39 is 23.6 Å². The van der Waals surface area contributed by atoms with Gasteiger partial charge in [-0.25, -0.2) is 13.5 Å². The number of aromatic nitrogens is 3. The Morgan fingerprint density at radius 2 is 2.15 bits per heavy atom. The first-order valence-corrected chi connectivity index (χ1v) is 8.97. The quantitative estimate of drug-likeness (QED) is 0.828. The summed E-state index contributed by atoms with van der Waals surface area (Å²) >= 11 is 0. The van der Waals surface area contributed by atoms with Gasteiger partial charge in [-0.1, -0.05) is 24.6 Å². The Hall–Kier alpha value is -2.35. The zero-order valence-corrected chi connectivity index (χ0v) is 14.7. The zero-order valence-electron chi connectivity index (χ0n) is 14.7. The third-order valence-electron chi connectivity index (χ3n) is 4.65. The molecular formula is C18H23F2N5O. The van der Waals surface area contributed by atoms with E-state index in [1.54, 1.807) is 10.9 Å². The lowest BCUT2D eigenvalue weighted by Gasteiger charge is -2.22. The Bertz CT molecular complexity index is 758. The van der Waals surface area contributed by atoms with Gasteiger partial charge >= 0.3 is 0 Å². The second-order valence-electron chi connectivity index (χ2n) is 6.55. The summed E-state index contributed by atoms with van der Waals surface area (Å²) in [6, 6.07) is 3.08. The fourth-order valence-electron chi connectivity index (χ4n) is 3.24. The summed E-state index contributed by atoms with van der Waals surface area (Å²) in [7, 11) is 0. The largest absolute Gasteiger partial charge is 0.344 e. The highest BCUT2D eigenvalue weighted by Gasteiger charge is 2.22. The van der Waals surface area contributed by atoms with Crippen LogP contribution in [0.2, 0.25) is 0 Å². The van der Waals surface area contributed by atoms with Crippen LogP contribution in [0.1, 0.15) is 60.7 Å². The summed E-state index contributed by atoms with van der Waals surface area (Å²) in [5.74, 6) is -1.72. The molecule has 2 N–H and O–H groups in total. The number of nitrogens with zero attached hydrogens (tertiary/aromatic N) is 3. The van der Waals surface area contributed by atoms with Crippen LogP contribution < -0.4 is 10.6 Å².